The molecule has 4 amide bonds. The van der Waals surface area contributed by atoms with Crippen LogP contribution in [-0.4, -0.2) is 34.3 Å². The van der Waals surface area contributed by atoms with E-state index in [9.17, 15) is 14.4 Å². The third-order valence-electron chi connectivity index (χ3n) is 7.05. The van der Waals surface area contributed by atoms with Crippen molar-refractivity contribution in [1.29, 1.82) is 0 Å². The lowest BCUT2D eigenvalue weighted by Gasteiger charge is -2.22. The van der Waals surface area contributed by atoms with Gasteiger partial charge >= 0.3 is 6.03 Å². The average molecular weight is 497 g/mol. The molecule has 3 aromatic carbocycles. The largest absolute Gasteiger partial charge is 0.325 e. The molecule has 0 spiro atoms. The molecule has 180 valence electrons. The summed E-state index contributed by atoms with van der Waals surface area (Å²) in [6.07, 6.45) is 3.39. The number of rotatable bonds is 5. The van der Waals surface area contributed by atoms with Gasteiger partial charge in [0.1, 0.15) is 12.1 Å². The molecule has 1 aliphatic heterocycles. The zero-order chi connectivity index (χ0) is 24.9. The number of aryl methyl sites for hydroxylation is 2. The van der Waals surface area contributed by atoms with Gasteiger partial charge in [-0.3, -0.25) is 14.5 Å². The van der Waals surface area contributed by atoms with Gasteiger partial charge < -0.3 is 10.6 Å². The van der Waals surface area contributed by atoms with E-state index in [1.54, 1.807) is 6.92 Å². The van der Waals surface area contributed by atoms with Crippen LogP contribution >= 0.6 is 11.3 Å². The van der Waals surface area contributed by atoms with Gasteiger partial charge in [0.05, 0.1) is 5.69 Å². The van der Waals surface area contributed by atoms with Gasteiger partial charge in [-0.25, -0.2) is 9.78 Å². The summed E-state index contributed by atoms with van der Waals surface area (Å²) < 4.78 is 0. The molecule has 1 atom stereocenters. The summed E-state index contributed by atoms with van der Waals surface area (Å²) in [5.41, 5.74) is 3.99. The van der Waals surface area contributed by atoms with Crippen LogP contribution in [0.2, 0.25) is 0 Å². The second-order valence-electron chi connectivity index (χ2n) is 9.43. The van der Waals surface area contributed by atoms with Crippen molar-refractivity contribution in [1.82, 2.24) is 15.2 Å². The molecular formula is C28H24N4O3S. The molecule has 2 heterocycles. The van der Waals surface area contributed by atoms with Crippen molar-refractivity contribution in [3.63, 3.8) is 0 Å². The zero-order valence-corrected chi connectivity index (χ0v) is 20.5. The summed E-state index contributed by atoms with van der Waals surface area (Å²) in [4.78, 5) is 44.3. The molecule has 6 rings (SSSR count). The van der Waals surface area contributed by atoms with E-state index >= 15 is 0 Å². The molecule has 1 aliphatic carbocycles. The molecule has 2 N–H and O–H groups in total. The molecule has 1 fully saturated rings. The van der Waals surface area contributed by atoms with Gasteiger partial charge in [-0.1, -0.05) is 48.5 Å². The number of carbonyl (C=O) groups is 3. The van der Waals surface area contributed by atoms with E-state index in [4.69, 9.17) is 0 Å². The maximum Gasteiger partial charge on any atom is 0.325 e. The number of imide groups is 1. The van der Waals surface area contributed by atoms with Gasteiger partial charge in [0.2, 0.25) is 5.91 Å². The van der Waals surface area contributed by atoms with Crippen LogP contribution in [0.25, 0.3) is 22.0 Å². The van der Waals surface area contributed by atoms with Gasteiger partial charge in [-0.05, 0) is 65.8 Å². The first-order valence-electron chi connectivity index (χ1n) is 11.9. The molecule has 0 radical (unpaired) electrons. The summed E-state index contributed by atoms with van der Waals surface area (Å²) in [5.74, 6) is -0.938. The van der Waals surface area contributed by atoms with Gasteiger partial charge in [0.25, 0.3) is 5.91 Å². The number of urea groups is 1. The van der Waals surface area contributed by atoms with Crippen LogP contribution in [-0.2, 0) is 28.0 Å². The van der Waals surface area contributed by atoms with Gasteiger partial charge in [-0.15, -0.1) is 11.3 Å². The lowest BCUT2D eigenvalue weighted by atomic mass is 9.90. The number of carbonyl (C=O) groups excluding carboxylic acids is 3. The van der Waals surface area contributed by atoms with Crippen LogP contribution in [0, 0.1) is 0 Å². The maximum absolute atomic E-state index is 13.3. The van der Waals surface area contributed by atoms with E-state index in [1.807, 2.05) is 47.8 Å². The van der Waals surface area contributed by atoms with Crippen LogP contribution < -0.4 is 10.6 Å². The van der Waals surface area contributed by atoms with E-state index < -0.39 is 23.4 Å². The molecular weight excluding hydrogens is 472 g/mol. The minimum Gasteiger partial charge on any atom is -0.319 e. The Morgan fingerprint density at radius 2 is 1.86 bits per heavy atom. The first kappa shape index (κ1) is 22.4. The Hall–Kier alpha value is -4.04. The lowest BCUT2D eigenvalue weighted by molar-refractivity contribution is -0.133. The number of benzene rings is 3. The Bertz CT molecular complexity index is 1540. The molecule has 2 aliphatic rings. The summed E-state index contributed by atoms with van der Waals surface area (Å²) >= 11 is 1.32. The van der Waals surface area contributed by atoms with Gasteiger partial charge in [0.15, 0.2) is 5.13 Å². The van der Waals surface area contributed by atoms with Crippen molar-refractivity contribution >= 4 is 45.1 Å². The van der Waals surface area contributed by atoms with Crippen LogP contribution in [0.5, 0.6) is 0 Å². The summed E-state index contributed by atoms with van der Waals surface area (Å²) in [5, 5.41) is 9.85. The highest BCUT2D eigenvalue weighted by atomic mass is 32.1. The topological polar surface area (TPSA) is 91.4 Å². The van der Waals surface area contributed by atoms with Crippen molar-refractivity contribution < 1.29 is 14.4 Å². The molecule has 1 saturated heterocycles. The van der Waals surface area contributed by atoms with Gasteiger partial charge in [-0.2, -0.15) is 0 Å². The summed E-state index contributed by atoms with van der Waals surface area (Å²) in [6, 6.07) is 19.3. The molecule has 36 heavy (non-hydrogen) atoms. The van der Waals surface area contributed by atoms with Gasteiger partial charge in [0, 0.05) is 10.9 Å². The fourth-order valence-electron chi connectivity index (χ4n) is 5.03. The Morgan fingerprint density at radius 3 is 2.72 bits per heavy atom. The molecule has 0 bridgehead atoms. The average Bonchev–Trinajstić information content (AvgIpc) is 3.59. The number of nitrogens with zero attached hydrogens (tertiary/aromatic N) is 2. The number of anilines is 1. The Kier molecular flexibility index (Phi) is 5.34. The second kappa shape index (κ2) is 8.57. The van der Waals surface area contributed by atoms with Crippen molar-refractivity contribution in [2.75, 3.05) is 11.9 Å². The molecule has 0 unspecified atom stereocenters. The molecule has 0 saturated carbocycles. The van der Waals surface area contributed by atoms with Crippen molar-refractivity contribution in [2.24, 2.45) is 0 Å². The Labute approximate surface area is 212 Å². The van der Waals surface area contributed by atoms with E-state index in [0.29, 0.717) is 10.7 Å². The first-order valence-corrected chi connectivity index (χ1v) is 12.8. The lowest BCUT2D eigenvalue weighted by Crippen LogP contribution is -2.42. The predicted molar refractivity (Wildman–Crippen MR) is 140 cm³/mol. The Balaban J connectivity index is 1.16. The van der Waals surface area contributed by atoms with Crippen molar-refractivity contribution in [2.45, 2.75) is 31.7 Å². The number of fused-ring (bicyclic) bond motifs is 2. The number of thiazole rings is 1. The minimum atomic E-state index is -1.25. The Morgan fingerprint density at radius 1 is 1.06 bits per heavy atom. The van der Waals surface area contributed by atoms with E-state index in [-0.39, 0.29) is 6.54 Å². The fourth-order valence-corrected chi connectivity index (χ4v) is 5.77. The fraction of sp³-hybridized carbons (Fsp3) is 0.214. The molecule has 4 aromatic rings. The molecule has 7 nitrogen and oxygen atoms in total. The highest BCUT2D eigenvalue weighted by Gasteiger charge is 2.49. The molecule has 1 aromatic heterocycles. The standard InChI is InChI=1S/C28H24N4O3S/c1-28(22-12-11-17-5-2-3-6-20(17)14-22)25(34)32(27(35)31-28)15-24(33)30-26-29-23(16-36-26)21-10-9-18-7-4-8-19(18)13-21/h2-3,5-6,9-14,16H,4,7-8,15H2,1H3,(H,31,35)(H,29,30,33)/t28-/m1/s1. The normalized spacial score (nSPS) is 19.0. The van der Waals surface area contributed by atoms with Crippen molar-refractivity contribution in [3.05, 3.63) is 82.7 Å². The highest BCUT2D eigenvalue weighted by Crippen LogP contribution is 2.32. The number of amides is 4. The van der Waals surface area contributed by atoms with Crippen molar-refractivity contribution in [3.8, 4) is 11.3 Å². The smallest absolute Gasteiger partial charge is 0.319 e. The highest BCUT2D eigenvalue weighted by molar-refractivity contribution is 7.14. The summed E-state index contributed by atoms with van der Waals surface area (Å²) in [6.45, 7) is 1.28. The predicted octanol–water partition coefficient (Wildman–Crippen LogP) is 4.86. The summed E-state index contributed by atoms with van der Waals surface area (Å²) in [7, 11) is 0. The van der Waals surface area contributed by atoms with E-state index in [0.717, 1.165) is 39.8 Å². The molecule has 8 heteroatoms. The number of aromatic nitrogens is 1. The van der Waals surface area contributed by atoms with Crippen LogP contribution in [0.15, 0.2) is 66.0 Å². The number of nitrogens with one attached hydrogen (secondary N) is 2. The second-order valence-corrected chi connectivity index (χ2v) is 10.3. The van der Waals surface area contributed by atoms with Crippen LogP contribution in [0.1, 0.15) is 30.0 Å². The SMILES string of the molecule is C[C@]1(c2ccc3ccccc3c2)NC(=O)N(CC(=O)Nc2nc(-c3ccc4c(c3)CCC4)cs2)C1=O. The van der Waals surface area contributed by atoms with E-state index in [1.165, 1.54) is 28.9 Å². The monoisotopic (exact) mass is 496 g/mol. The minimum absolute atomic E-state index is 0.387. The first-order chi connectivity index (χ1) is 17.4. The van der Waals surface area contributed by atoms with E-state index in [2.05, 4.69) is 33.8 Å². The maximum atomic E-state index is 13.3. The van der Waals surface area contributed by atoms with Crippen LogP contribution in [0.3, 0.4) is 0 Å². The number of hydrogen-bond acceptors (Lipinski definition) is 5. The number of hydrogen-bond donors (Lipinski definition) is 2. The zero-order valence-electron chi connectivity index (χ0n) is 19.7. The van der Waals surface area contributed by atoms with Crippen LogP contribution in [0.4, 0.5) is 9.93 Å². The quantitative estimate of drug-likeness (QED) is 0.386. The third kappa shape index (κ3) is 3.83. The third-order valence-corrected chi connectivity index (χ3v) is 7.81.